The van der Waals surface area contributed by atoms with Crippen LogP contribution in [0.25, 0.3) is 0 Å². The van der Waals surface area contributed by atoms with Gasteiger partial charge in [-0.25, -0.2) is 0 Å². The highest BCUT2D eigenvalue weighted by atomic mass is 32.2. The van der Waals surface area contributed by atoms with Crippen LogP contribution >= 0.6 is 0 Å². The van der Waals surface area contributed by atoms with Crippen molar-refractivity contribution in [2.24, 2.45) is 0 Å². The molecule has 0 aliphatic carbocycles. The first kappa shape index (κ1) is 12.3. The molecule has 0 radical (unpaired) electrons. The normalized spacial score (nSPS) is 27.0. The van der Waals surface area contributed by atoms with Gasteiger partial charge >= 0.3 is 0 Å². The molecule has 0 amide bonds. The zero-order valence-corrected chi connectivity index (χ0v) is 10.2. The minimum atomic E-state index is -0.920. The number of hydrogen-bond donors (Lipinski definition) is 2. The predicted octanol–water partition coefficient (Wildman–Crippen LogP) is 1.18. The summed E-state index contributed by atoms with van der Waals surface area (Å²) < 4.78 is 14.9. The Morgan fingerprint density at radius 1 is 1.29 bits per heavy atom. The third kappa shape index (κ3) is 4.17. The minimum Gasteiger partial charge on any atom is -0.598 e. The molecule has 0 bridgehead atoms. The van der Waals surface area contributed by atoms with Gasteiger partial charge in [-0.05, 0) is 53.1 Å². The molecular weight excluding hydrogens is 196 g/mol. The van der Waals surface area contributed by atoms with Crippen molar-refractivity contribution in [2.45, 2.75) is 50.8 Å². The van der Waals surface area contributed by atoms with Gasteiger partial charge in [-0.2, -0.15) is 0 Å². The van der Waals surface area contributed by atoms with E-state index in [1.165, 1.54) is 6.42 Å². The van der Waals surface area contributed by atoms with Crippen LogP contribution in [-0.2, 0) is 11.4 Å². The van der Waals surface area contributed by atoms with Crippen molar-refractivity contribution >= 4 is 11.4 Å². The largest absolute Gasteiger partial charge is 0.598 e. The lowest BCUT2D eigenvalue weighted by Gasteiger charge is -2.27. The van der Waals surface area contributed by atoms with E-state index < -0.39 is 11.4 Å². The number of nitrogens with one attached hydrogen (secondary N) is 2. The van der Waals surface area contributed by atoms with E-state index in [0.717, 1.165) is 25.9 Å². The van der Waals surface area contributed by atoms with Crippen LogP contribution in [0.2, 0.25) is 0 Å². The van der Waals surface area contributed by atoms with Crippen molar-refractivity contribution in [3.63, 3.8) is 0 Å². The Morgan fingerprint density at radius 3 is 2.64 bits per heavy atom. The molecule has 1 saturated heterocycles. The molecule has 1 aliphatic heterocycles. The summed E-state index contributed by atoms with van der Waals surface area (Å²) in [7, 11) is 0. The molecule has 84 valence electrons. The second-order valence-electron chi connectivity index (χ2n) is 4.88. The summed E-state index contributed by atoms with van der Waals surface area (Å²) in [6.07, 6.45) is 3.40. The van der Waals surface area contributed by atoms with Crippen molar-refractivity contribution in [3.05, 3.63) is 0 Å². The zero-order chi connectivity index (χ0) is 10.6. The quantitative estimate of drug-likeness (QED) is 0.684. The highest BCUT2D eigenvalue weighted by molar-refractivity contribution is 7.90. The molecule has 0 aromatic heterocycles. The maximum atomic E-state index is 11.8. The number of rotatable bonds is 2. The first-order chi connectivity index (χ1) is 6.50. The molecule has 1 heterocycles. The van der Waals surface area contributed by atoms with Gasteiger partial charge in [-0.1, -0.05) is 0 Å². The zero-order valence-electron chi connectivity index (χ0n) is 9.43. The maximum Gasteiger partial charge on any atom is 0.136 e. The van der Waals surface area contributed by atoms with Crippen LogP contribution in [0.4, 0.5) is 0 Å². The van der Waals surface area contributed by atoms with Crippen LogP contribution < -0.4 is 10.0 Å². The van der Waals surface area contributed by atoms with Crippen molar-refractivity contribution < 1.29 is 4.55 Å². The van der Waals surface area contributed by atoms with Gasteiger partial charge in [-0.3, -0.25) is 0 Å². The molecule has 1 aliphatic rings. The molecule has 0 aromatic carbocycles. The van der Waals surface area contributed by atoms with Crippen molar-refractivity contribution in [1.29, 1.82) is 0 Å². The van der Waals surface area contributed by atoms with E-state index in [4.69, 9.17) is 0 Å². The third-order valence-corrected chi connectivity index (χ3v) is 4.07. The molecule has 2 N–H and O–H groups in total. The molecule has 0 saturated carbocycles. The monoisotopic (exact) mass is 218 g/mol. The van der Waals surface area contributed by atoms with Crippen LogP contribution in [0.5, 0.6) is 0 Å². The molecule has 14 heavy (non-hydrogen) atoms. The van der Waals surface area contributed by atoms with Crippen LogP contribution in [0, 0.1) is 0 Å². The Kier molecular flexibility index (Phi) is 4.70. The van der Waals surface area contributed by atoms with E-state index in [0.29, 0.717) is 6.04 Å². The van der Waals surface area contributed by atoms with E-state index >= 15 is 0 Å². The van der Waals surface area contributed by atoms with Gasteiger partial charge in [-0.15, -0.1) is 4.72 Å². The van der Waals surface area contributed by atoms with E-state index in [9.17, 15) is 4.55 Å². The fourth-order valence-corrected chi connectivity index (χ4v) is 2.36. The van der Waals surface area contributed by atoms with Gasteiger partial charge < -0.3 is 9.87 Å². The summed E-state index contributed by atoms with van der Waals surface area (Å²) in [5.41, 5.74) is 0. The summed E-state index contributed by atoms with van der Waals surface area (Å²) in [5.74, 6) is 0. The van der Waals surface area contributed by atoms with E-state index in [2.05, 4.69) is 10.0 Å². The second kappa shape index (κ2) is 5.35. The molecule has 3 nitrogen and oxygen atoms in total. The lowest BCUT2D eigenvalue weighted by Crippen LogP contribution is -2.44. The summed E-state index contributed by atoms with van der Waals surface area (Å²) in [4.78, 5) is 0. The Morgan fingerprint density at radius 2 is 2.00 bits per heavy atom. The molecule has 2 atom stereocenters. The highest BCUT2D eigenvalue weighted by Gasteiger charge is 2.29. The molecule has 1 rings (SSSR count). The SMILES string of the molecule is CC(C)(C)[S@@+]([O-])N[C@@H]1CCCNCC1. The summed E-state index contributed by atoms with van der Waals surface area (Å²) in [6.45, 7) is 8.15. The Bertz CT molecular complexity index is 162. The molecular formula is C10H22N2OS. The molecule has 1 fully saturated rings. The Hall–Kier alpha value is 0.230. The highest BCUT2D eigenvalue weighted by Crippen LogP contribution is 2.16. The second-order valence-corrected chi connectivity index (χ2v) is 6.87. The standard InChI is InChI=1S/C10H22N2OS/c1-10(2,3)14(13)12-9-5-4-7-11-8-6-9/h9,11-12H,4-8H2,1-3H3/t9-,14-/m1/s1. The minimum absolute atomic E-state index is 0.153. The molecule has 0 aromatic rings. The van der Waals surface area contributed by atoms with E-state index in [-0.39, 0.29) is 4.75 Å². The van der Waals surface area contributed by atoms with Crippen molar-refractivity contribution in [2.75, 3.05) is 13.1 Å². The Labute approximate surface area is 90.3 Å². The van der Waals surface area contributed by atoms with Gasteiger partial charge in [0.1, 0.15) is 4.75 Å². The Balaban J connectivity index is 2.34. The average Bonchev–Trinajstić information content (AvgIpc) is 2.31. The lowest BCUT2D eigenvalue weighted by atomic mass is 10.1. The fourth-order valence-electron chi connectivity index (χ4n) is 1.47. The summed E-state index contributed by atoms with van der Waals surface area (Å²) >= 11 is -0.920. The fraction of sp³-hybridized carbons (Fsp3) is 1.00. The third-order valence-electron chi connectivity index (χ3n) is 2.41. The van der Waals surface area contributed by atoms with Gasteiger partial charge in [0.05, 0.1) is 6.04 Å². The summed E-state index contributed by atoms with van der Waals surface area (Å²) in [6, 6.07) is 0.421. The van der Waals surface area contributed by atoms with Crippen LogP contribution in [-0.4, -0.2) is 28.4 Å². The average molecular weight is 218 g/mol. The lowest BCUT2D eigenvalue weighted by molar-refractivity contribution is 0.496. The first-order valence-electron chi connectivity index (χ1n) is 5.39. The molecule has 4 heteroatoms. The topological polar surface area (TPSA) is 47.1 Å². The molecule has 0 unspecified atom stereocenters. The van der Waals surface area contributed by atoms with Crippen LogP contribution in [0.1, 0.15) is 40.0 Å². The van der Waals surface area contributed by atoms with Crippen LogP contribution in [0.15, 0.2) is 0 Å². The van der Waals surface area contributed by atoms with Crippen LogP contribution in [0.3, 0.4) is 0 Å². The smallest absolute Gasteiger partial charge is 0.136 e. The first-order valence-corrected chi connectivity index (χ1v) is 6.54. The number of hydrogen-bond acceptors (Lipinski definition) is 3. The maximum absolute atomic E-state index is 11.8. The predicted molar refractivity (Wildman–Crippen MR) is 61.5 cm³/mol. The van der Waals surface area contributed by atoms with Gasteiger partial charge in [0.25, 0.3) is 0 Å². The van der Waals surface area contributed by atoms with E-state index in [1.54, 1.807) is 0 Å². The van der Waals surface area contributed by atoms with Crippen molar-refractivity contribution in [3.8, 4) is 0 Å². The molecule has 0 spiro atoms. The van der Waals surface area contributed by atoms with Crippen molar-refractivity contribution in [1.82, 2.24) is 10.0 Å². The van der Waals surface area contributed by atoms with Gasteiger partial charge in [0.2, 0.25) is 0 Å². The van der Waals surface area contributed by atoms with E-state index in [1.807, 2.05) is 20.8 Å². The van der Waals surface area contributed by atoms with Gasteiger partial charge in [0, 0.05) is 11.4 Å². The summed E-state index contributed by atoms with van der Waals surface area (Å²) in [5, 5.41) is 3.35. The van der Waals surface area contributed by atoms with Gasteiger partial charge in [0.15, 0.2) is 0 Å².